The van der Waals surface area contributed by atoms with E-state index >= 15 is 0 Å². The van der Waals surface area contributed by atoms with Crippen molar-refractivity contribution >= 4 is 69.0 Å². The third-order valence-electron chi connectivity index (χ3n) is 12.2. The van der Waals surface area contributed by atoms with E-state index in [0.29, 0.717) is 0 Å². The normalized spacial score (nSPS) is 13.3. The zero-order valence-corrected chi connectivity index (χ0v) is 32.5. The maximum absolute atomic E-state index is 2.93. The van der Waals surface area contributed by atoms with Crippen molar-refractivity contribution in [2.24, 2.45) is 0 Å². The molecule has 0 N–H and O–H groups in total. The molecule has 9 aromatic rings. The molecule has 0 unspecified atom stereocenters. The summed E-state index contributed by atoms with van der Waals surface area (Å²) in [6.07, 6.45) is 0. The molecule has 266 valence electrons. The molecule has 0 spiro atoms. The standard InChI is InChI=1S/C54H38BNSi/c1-6-21-39(22-7-1)42-37-50-53-52(38-42)57(43-27-12-4-13-28-43,44-29-14-5-15-30-44)51-36-19-17-34-48(51)55(53)47-33-16-18-35-49(47)56(50)54-45(40-23-8-2-9-24-40)31-20-32-46(54)41-25-10-3-11-26-41/h1-38H. The number of rotatable bonds is 6. The highest BCUT2D eigenvalue weighted by molar-refractivity contribution is 7.26. The molecule has 0 aromatic heterocycles. The zero-order chi connectivity index (χ0) is 37.8. The van der Waals surface area contributed by atoms with Crippen molar-refractivity contribution in [1.82, 2.24) is 0 Å². The first-order chi connectivity index (χ1) is 28.3. The van der Waals surface area contributed by atoms with E-state index in [4.69, 9.17) is 0 Å². The van der Waals surface area contributed by atoms with Gasteiger partial charge in [-0.2, -0.15) is 0 Å². The molecule has 0 radical (unpaired) electrons. The van der Waals surface area contributed by atoms with Crippen LogP contribution in [0.25, 0.3) is 33.4 Å². The Morgan fingerprint density at radius 1 is 0.333 bits per heavy atom. The van der Waals surface area contributed by atoms with E-state index in [1.165, 1.54) is 87.6 Å². The van der Waals surface area contributed by atoms with Crippen LogP contribution >= 0.6 is 0 Å². The van der Waals surface area contributed by atoms with Crippen LogP contribution in [0.2, 0.25) is 0 Å². The quantitative estimate of drug-likeness (QED) is 0.154. The maximum Gasteiger partial charge on any atom is 0.246 e. The third kappa shape index (κ3) is 5.16. The minimum absolute atomic E-state index is 0.0561. The van der Waals surface area contributed by atoms with Gasteiger partial charge in [-0.15, -0.1) is 0 Å². The lowest BCUT2D eigenvalue weighted by Crippen LogP contribution is -2.87. The molecule has 0 fully saturated rings. The van der Waals surface area contributed by atoms with Crippen LogP contribution in [0.15, 0.2) is 231 Å². The first kappa shape index (κ1) is 33.4. The van der Waals surface area contributed by atoms with Gasteiger partial charge < -0.3 is 4.90 Å². The van der Waals surface area contributed by atoms with E-state index < -0.39 is 8.07 Å². The number of nitrogens with zero attached hydrogens (tertiary/aromatic N) is 1. The van der Waals surface area contributed by atoms with Gasteiger partial charge in [0.25, 0.3) is 0 Å². The fraction of sp³-hybridized carbons (Fsp3) is 0. The number of hydrogen-bond donors (Lipinski definition) is 0. The average molecular weight is 740 g/mol. The Morgan fingerprint density at radius 2 is 0.807 bits per heavy atom. The molecule has 2 heterocycles. The molecule has 0 saturated heterocycles. The highest BCUT2D eigenvalue weighted by Crippen LogP contribution is 2.47. The van der Waals surface area contributed by atoms with Gasteiger partial charge in [0, 0.05) is 22.5 Å². The highest BCUT2D eigenvalue weighted by Gasteiger charge is 2.53. The van der Waals surface area contributed by atoms with Gasteiger partial charge in [0.2, 0.25) is 6.71 Å². The van der Waals surface area contributed by atoms with Gasteiger partial charge in [-0.25, -0.2) is 0 Å². The Balaban J connectivity index is 1.35. The Kier molecular flexibility index (Phi) is 8.01. The summed E-state index contributed by atoms with van der Waals surface area (Å²) in [5.41, 5.74) is 15.0. The molecule has 2 aliphatic rings. The molecule has 1 nitrogen and oxygen atoms in total. The number of benzene rings is 9. The van der Waals surface area contributed by atoms with Crippen molar-refractivity contribution < 1.29 is 0 Å². The van der Waals surface area contributed by atoms with Crippen LogP contribution < -0.4 is 42.0 Å². The summed E-state index contributed by atoms with van der Waals surface area (Å²) in [7, 11) is -2.93. The molecule has 11 rings (SSSR count). The second-order valence-electron chi connectivity index (χ2n) is 15.2. The maximum atomic E-state index is 2.63. The topological polar surface area (TPSA) is 3.24 Å². The van der Waals surface area contributed by atoms with Crippen molar-refractivity contribution in [2.75, 3.05) is 4.90 Å². The van der Waals surface area contributed by atoms with Crippen LogP contribution in [0.5, 0.6) is 0 Å². The number of fused-ring (bicyclic) bond motifs is 4. The molecular weight excluding hydrogens is 701 g/mol. The van der Waals surface area contributed by atoms with Gasteiger partial charge in [-0.05, 0) is 66.1 Å². The van der Waals surface area contributed by atoms with Crippen LogP contribution in [-0.2, 0) is 0 Å². The smallest absolute Gasteiger partial charge is 0.246 e. The van der Waals surface area contributed by atoms with Gasteiger partial charge in [0.05, 0.1) is 5.69 Å². The van der Waals surface area contributed by atoms with Crippen molar-refractivity contribution in [3.8, 4) is 33.4 Å². The average Bonchev–Trinajstić information content (AvgIpc) is 3.30. The highest BCUT2D eigenvalue weighted by atomic mass is 28.3. The minimum atomic E-state index is -2.93. The minimum Gasteiger partial charge on any atom is -0.310 e. The second-order valence-corrected chi connectivity index (χ2v) is 18.9. The molecular formula is C54H38BNSi. The zero-order valence-electron chi connectivity index (χ0n) is 31.5. The molecule has 0 atom stereocenters. The predicted octanol–water partition coefficient (Wildman–Crippen LogP) is 8.68. The molecule has 9 aromatic carbocycles. The van der Waals surface area contributed by atoms with E-state index in [0.717, 1.165) is 0 Å². The SMILES string of the molecule is c1ccc(-c2cc3c4c(c2)[Si](c2ccccc2)(c2ccccc2)c2ccccc2B4c2ccccc2N3c2c(-c3ccccc3)cccc2-c2ccccc2)cc1. The van der Waals surface area contributed by atoms with Crippen molar-refractivity contribution in [2.45, 2.75) is 0 Å². The summed E-state index contributed by atoms with van der Waals surface area (Å²) < 4.78 is 0. The summed E-state index contributed by atoms with van der Waals surface area (Å²) in [6, 6.07) is 86.2. The van der Waals surface area contributed by atoms with E-state index in [1.54, 1.807) is 0 Å². The fourth-order valence-electron chi connectivity index (χ4n) is 9.90. The van der Waals surface area contributed by atoms with Crippen LogP contribution in [0.1, 0.15) is 0 Å². The molecule has 0 amide bonds. The summed E-state index contributed by atoms with van der Waals surface area (Å²) in [6.45, 7) is 0.0561. The van der Waals surface area contributed by atoms with Crippen molar-refractivity contribution in [3.63, 3.8) is 0 Å². The molecule has 57 heavy (non-hydrogen) atoms. The van der Waals surface area contributed by atoms with Crippen LogP contribution in [-0.4, -0.2) is 14.8 Å². The Hall–Kier alpha value is -6.94. The number of para-hydroxylation sites is 2. The van der Waals surface area contributed by atoms with Crippen molar-refractivity contribution in [3.05, 3.63) is 231 Å². The Morgan fingerprint density at radius 3 is 1.39 bits per heavy atom. The lowest BCUT2D eigenvalue weighted by molar-refractivity contribution is 1.29. The van der Waals surface area contributed by atoms with Gasteiger partial charge in [0.1, 0.15) is 0 Å². The van der Waals surface area contributed by atoms with Crippen LogP contribution in [0.3, 0.4) is 0 Å². The first-order valence-corrected chi connectivity index (χ1v) is 21.9. The van der Waals surface area contributed by atoms with E-state index in [-0.39, 0.29) is 6.71 Å². The van der Waals surface area contributed by atoms with Gasteiger partial charge in [-0.3, -0.25) is 0 Å². The monoisotopic (exact) mass is 739 g/mol. The predicted molar refractivity (Wildman–Crippen MR) is 246 cm³/mol. The Labute approximate surface area is 336 Å². The van der Waals surface area contributed by atoms with Gasteiger partial charge in [-0.1, -0.05) is 224 Å². The summed E-state index contributed by atoms with van der Waals surface area (Å²) in [5, 5.41) is 5.72. The summed E-state index contributed by atoms with van der Waals surface area (Å²) in [5.74, 6) is 0. The molecule has 0 saturated carbocycles. The second kappa shape index (κ2) is 13.7. The fourth-order valence-corrected chi connectivity index (χ4v) is 15.2. The Bertz CT molecular complexity index is 2800. The summed E-state index contributed by atoms with van der Waals surface area (Å²) >= 11 is 0. The van der Waals surface area contributed by atoms with Gasteiger partial charge in [0.15, 0.2) is 8.07 Å². The molecule has 3 heteroatoms. The third-order valence-corrected chi connectivity index (χ3v) is 17.1. The summed E-state index contributed by atoms with van der Waals surface area (Å²) in [4.78, 5) is 2.63. The lowest BCUT2D eigenvalue weighted by Gasteiger charge is -2.48. The largest absolute Gasteiger partial charge is 0.310 e. The number of hydrogen-bond acceptors (Lipinski definition) is 1. The van der Waals surface area contributed by atoms with Gasteiger partial charge >= 0.3 is 0 Å². The lowest BCUT2D eigenvalue weighted by atomic mass is 9.34. The van der Waals surface area contributed by atoms with E-state index in [9.17, 15) is 0 Å². The molecule has 0 bridgehead atoms. The van der Waals surface area contributed by atoms with Crippen molar-refractivity contribution in [1.29, 1.82) is 0 Å². The first-order valence-electron chi connectivity index (χ1n) is 19.9. The number of anilines is 3. The molecule has 2 aliphatic heterocycles. The van der Waals surface area contributed by atoms with Crippen LogP contribution in [0.4, 0.5) is 17.1 Å². The van der Waals surface area contributed by atoms with Crippen LogP contribution in [0, 0.1) is 0 Å². The van der Waals surface area contributed by atoms with E-state index in [2.05, 4.69) is 235 Å². The van der Waals surface area contributed by atoms with E-state index in [1.807, 2.05) is 0 Å². The molecule has 0 aliphatic carbocycles.